The molecule has 1 saturated heterocycles. The van der Waals surface area contributed by atoms with Crippen LogP contribution in [0, 0.1) is 17.9 Å². The number of likely N-dealkylation sites (tertiary alicyclic amines) is 1. The van der Waals surface area contributed by atoms with E-state index in [1.54, 1.807) is 0 Å². The first-order chi connectivity index (χ1) is 20.7. The van der Waals surface area contributed by atoms with E-state index in [4.69, 9.17) is 16.4 Å². The van der Waals surface area contributed by atoms with Crippen LogP contribution in [0.5, 0.6) is 0 Å². The highest BCUT2D eigenvalue weighted by Crippen LogP contribution is 2.56. The Morgan fingerprint density at radius 3 is 2.56 bits per heavy atom. The molecule has 0 amide bonds. The molecule has 2 N–H and O–H groups in total. The molecule has 2 aromatic rings. The lowest BCUT2D eigenvalue weighted by Crippen LogP contribution is -2.70. The van der Waals surface area contributed by atoms with Gasteiger partial charge in [0.15, 0.2) is 5.82 Å². The first-order valence-corrected chi connectivity index (χ1v) is 16.4. The van der Waals surface area contributed by atoms with Gasteiger partial charge in [-0.25, -0.2) is 4.98 Å². The minimum Gasteiger partial charge on any atom is -0.380 e. The summed E-state index contributed by atoms with van der Waals surface area (Å²) in [4.78, 5) is 16.7. The van der Waals surface area contributed by atoms with Crippen molar-refractivity contribution in [1.29, 1.82) is 0 Å². The summed E-state index contributed by atoms with van der Waals surface area (Å²) in [6.07, 6.45) is 19.1. The molecule has 7 nitrogen and oxygen atoms in total. The molecule has 1 spiro atoms. The Hall–Kier alpha value is -3.66. The van der Waals surface area contributed by atoms with E-state index in [9.17, 15) is 0 Å². The Bertz CT molecular complexity index is 1420. The molecule has 3 heterocycles. The minimum atomic E-state index is 0.118. The topological polar surface area (TPSA) is 59.6 Å². The van der Waals surface area contributed by atoms with Gasteiger partial charge in [0.2, 0.25) is 5.95 Å². The van der Waals surface area contributed by atoms with Crippen molar-refractivity contribution in [3.05, 3.63) is 54.4 Å². The Labute approximate surface area is 258 Å². The summed E-state index contributed by atoms with van der Waals surface area (Å²) in [6.45, 7) is 17.7. The zero-order valence-corrected chi connectivity index (χ0v) is 26.7. The second-order valence-electron chi connectivity index (χ2n) is 13.5. The normalized spacial score (nSPS) is 22.1. The molecule has 43 heavy (non-hydrogen) atoms. The smallest absolute Gasteiger partial charge is 0.229 e. The molecular formula is C36H49N7. The Balaban J connectivity index is 1.21. The quantitative estimate of drug-likeness (QED) is 0.292. The van der Waals surface area contributed by atoms with Crippen LogP contribution in [0.2, 0.25) is 0 Å². The largest absolute Gasteiger partial charge is 0.380 e. The molecule has 2 aliphatic heterocycles. The van der Waals surface area contributed by atoms with Crippen LogP contribution < -0.4 is 20.4 Å². The number of likely N-dealkylation sites (N-methyl/N-ethyl adjacent to an activating group) is 1. The van der Waals surface area contributed by atoms with Crippen LogP contribution in [-0.4, -0.2) is 52.6 Å². The van der Waals surface area contributed by atoms with Gasteiger partial charge in [-0.05, 0) is 68.2 Å². The summed E-state index contributed by atoms with van der Waals surface area (Å²) >= 11 is 0. The molecule has 1 aromatic carbocycles. The minimum absolute atomic E-state index is 0.118. The van der Waals surface area contributed by atoms with E-state index in [2.05, 4.69) is 90.6 Å². The number of benzene rings is 1. The number of terminal acetylenes is 1. The molecule has 7 heteroatoms. The van der Waals surface area contributed by atoms with Gasteiger partial charge >= 0.3 is 0 Å². The SMILES string of the molecule is C#CN1CC2(C1)CC(CCC)(NC(=C)c1ccc(Nc3ncc4c(n3)N(C3CCCC3)C(CC)C(=C)N4C)c(CC)c1)C2. The molecule has 2 saturated carbocycles. The highest BCUT2D eigenvalue weighted by Gasteiger charge is 2.59. The number of aromatic nitrogens is 2. The fraction of sp³-hybridized carbons (Fsp3) is 0.556. The number of rotatable bonds is 10. The maximum atomic E-state index is 5.61. The molecule has 0 bridgehead atoms. The van der Waals surface area contributed by atoms with E-state index >= 15 is 0 Å². The predicted molar refractivity (Wildman–Crippen MR) is 179 cm³/mol. The number of anilines is 4. The standard InChI is InChI=1S/C36H49N7/c1-8-18-36(21-35(22-36)23-42(11-4)24-35)40-25(5)28-16-17-30(27(9-2)19-28)38-34-37-20-32-33(39-34)43(29-14-12-13-15-29)31(10-3)26(6)41(32)7/h4,16-17,19-20,29,31,40H,5-6,8-10,12-15,18,21-24H2,1-3,7H3,(H,37,38,39). The number of hydrogen-bond donors (Lipinski definition) is 2. The van der Waals surface area contributed by atoms with Gasteiger partial charge in [0.25, 0.3) is 0 Å². The Morgan fingerprint density at radius 2 is 1.91 bits per heavy atom. The van der Waals surface area contributed by atoms with Gasteiger partial charge in [-0.3, -0.25) is 0 Å². The summed E-state index contributed by atoms with van der Waals surface area (Å²) in [7, 11) is 2.09. The van der Waals surface area contributed by atoms with Gasteiger partial charge in [0.05, 0.1) is 12.2 Å². The molecule has 0 radical (unpaired) electrons. The third-order valence-corrected chi connectivity index (χ3v) is 10.5. The highest BCUT2D eigenvalue weighted by atomic mass is 15.4. The summed E-state index contributed by atoms with van der Waals surface area (Å²) in [5.74, 6) is 1.66. The predicted octanol–water partition coefficient (Wildman–Crippen LogP) is 7.06. The summed E-state index contributed by atoms with van der Waals surface area (Å²) in [5.41, 5.74) is 7.08. The van der Waals surface area contributed by atoms with Crippen molar-refractivity contribution in [3.8, 4) is 12.5 Å². The summed E-state index contributed by atoms with van der Waals surface area (Å²) < 4.78 is 0. The van der Waals surface area contributed by atoms with Crippen molar-refractivity contribution in [2.24, 2.45) is 5.41 Å². The maximum absolute atomic E-state index is 5.61. The van der Waals surface area contributed by atoms with Crippen LogP contribution in [0.1, 0.15) is 89.7 Å². The van der Waals surface area contributed by atoms with Crippen molar-refractivity contribution >= 4 is 28.8 Å². The second kappa shape index (κ2) is 11.4. The fourth-order valence-electron chi connectivity index (χ4n) is 8.56. The lowest BCUT2D eigenvalue weighted by atomic mass is 9.52. The van der Waals surface area contributed by atoms with Crippen LogP contribution in [0.25, 0.3) is 5.70 Å². The fourth-order valence-corrected chi connectivity index (χ4v) is 8.56. The lowest BCUT2D eigenvalue weighted by Gasteiger charge is -2.64. The van der Waals surface area contributed by atoms with Crippen molar-refractivity contribution in [1.82, 2.24) is 20.2 Å². The molecule has 4 aliphatic rings. The van der Waals surface area contributed by atoms with E-state index in [1.807, 2.05) is 6.20 Å². The van der Waals surface area contributed by atoms with Gasteiger partial charge in [-0.1, -0.05) is 65.7 Å². The zero-order chi connectivity index (χ0) is 30.4. The van der Waals surface area contributed by atoms with Crippen LogP contribution in [0.15, 0.2) is 43.3 Å². The van der Waals surface area contributed by atoms with Gasteiger partial charge in [0, 0.05) is 60.3 Å². The number of hydrogen-bond acceptors (Lipinski definition) is 7. The first kappa shape index (κ1) is 29.4. The lowest BCUT2D eigenvalue weighted by molar-refractivity contribution is -0.0911. The van der Waals surface area contributed by atoms with Crippen molar-refractivity contribution < 1.29 is 0 Å². The number of aryl methyl sites for hydroxylation is 1. The van der Waals surface area contributed by atoms with Gasteiger partial charge in [0.1, 0.15) is 5.69 Å². The number of nitrogens with zero attached hydrogens (tertiary/aromatic N) is 5. The Kier molecular flexibility index (Phi) is 7.83. The highest BCUT2D eigenvalue weighted by molar-refractivity contribution is 5.76. The van der Waals surface area contributed by atoms with Gasteiger partial charge in [-0.15, -0.1) is 0 Å². The molecule has 1 aromatic heterocycles. The summed E-state index contributed by atoms with van der Waals surface area (Å²) in [5, 5.41) is 7.46. The van der Waals surface area contributed by atoms with Crippen molar-refractivity contribution in [3.63, 3.8) is 0 Å². The zero-order valence-electron chi connectivity index (χ0n) is 26.7. The molecule has 6 rings (SSSR count). The van der Waals surface area contributed by atoms with E-state index in [0.717, 1.165) is 72.9 Å². The monoisotopic (exact) mass is 579 g/mol. The number of nitrogens with one attached hydrogen (secondary N) is 2. The number of fused-ring (bicyclic) bond motifs is 1. The molecule has 228 valence electrons. The van der Waals surface area contributed by atoms with Crippen LogP contribution in [-0.2, 0) is 6.42 Å². The Morgan fingerprint density at radius 1 is 1.16 bits per heavy atom. The van der Waals surface area contributed by atoms with Crippen molar-refractivity contribution in [2.75, 3.05) is 35.3 Å². The molecule has 1 atom stereocenters. The van der Waals surface area contributed by atoms with E-state index in [-0.39, 0.29) is 11.6 Å². The molecule has 1 unspecified atom stereocenters. The summed E-state index contributed by atoms with van der Waals surface area (Å²) in [6, 6.07) is 10.2. The van der Waals surface area contributed by atoms with Crippen LogP contribution in [0.3, 0.4) is 0 Å². The average Bonchev–Trinajstić information content (AvgIpc) is 3.50. The van der Waals surface area contributed by atoms with E-state index in [1.165, 1.54) is 44.1 Å². The van der Waals surface area contributed by atoms with Gasteiger partial charge < -0.3 is 25.3 Å². The molecule has 3 fully saturated rings. The first-order valence-electron chi connectivity index (χ1n) is 16.4. The van der Waals surface area contributed by atoms with Crippen LogP contribution in [0.4, 0.5) is 23.1 Å². The second-order valence-corrected chi connectivity index (χ2v) is 13.5. The molecule has 2 aliphatic carbocycles. The van der Waals surface area contributed by atoms with Crippen molar-refractivity contribution in [2.45, 2.75) is 103 Å². The van der Waals surface area contributed by atoms with Crippen LogP contribution >= 0.6 is 0 Å². The van der Waals surface area contributed by atoms with E-state index < -0.39 is 0 Å². The molecular weight excluding hydrogens is 530 g/mol. The third-order valence-electron chi connectivity index (χ3n) is 10.5. The van der Waals surface area contributed by atoms with Gasteiger partial charge in [-0.2, -0.15) is 4.98 Å². The van der Waals surface area contributed by atoms with E-state index in [0.29, 0.717) is 17.4 Å². The average molecular weight is 580 g/mol. The third kappa shape index (κ3) is 5.24. The maximum Gasteiger partial charge on any atom is 0.229 e.